The number of hydrogen-bond donors (Lipinski definition) is 1. The van der Waals surface area contributed by atoms with Gasteiger partial charge in [0, 0.05) is 23.3 Å². The van der Waals surface area contributed by atoms with E-state index in [1.54, 1.807) is 0 Å². The largest absolute Gasteiger partial charge is 0.462 e. The van der Waals surface area contributed by atoms with Gasteiger partial charge in [-0.05, 0) is 62.7 Å². The van der Waals surface area contributed by atoms with Crippen LogP contribution in [0, 0.1) is 28.6 Å². The van der Waals surface area contributed by atoms with Crippen molar-refractivity contribution in [3.05, 3.63) is 24.3 Å². The van der Waals surface area contributed by atoms with Gasteiger partial charge in [-0.15, -0.1) is 0 Å². The highest BCUT2D eigenvalue weighted by atomic mass is 16.5. The highest BCUT2D eigenvalue weighted by Gasteiger charge is 2.60. The van der Waals surface area contributed by atoms with Crippen molar-refractivity contribution < 1.29 is 19.4 Å². The standard InChI is InChI=1S/C22H30O4/c1-3-20(25)26-13-22-11-8-15(23)12-14(22)4-5-16-17-6-7-19(24)21(17,2)10-9-18(16)22/h3-4,15-18,23H,1,5-13H2,2H3/t15?,16-,17-,18+,21-,22+/m0/s1. The average Bonchev–Trinajstić information content (AvgIpc) is 2.94. The first-order chi connectivity index (χ1) is 12.4. The lowest BCUT2D eigenvalue weighted by atomic mass is 9.47. The van der Waals surface area contributed by atoms with Gasteiger partial charge in [0.25, 0.3) is 0 Å². The molecule has 3 fully saturated rings. The molecule has 6 atom stereocenters. The minimum Gasteiger partial charge on any atom is -0.462 e. The van der Waals surface area contributed by atoms with Crippen LogP contribution in [0.2, 0.25) is 0 Å². The van der Waals surface area contributed by atoms with Crippen LogP contribution in [-0.2, 0) is 14.3 Å². The third kappa shape index (κ3) is 2.52. The molecule has 4 aliphatic rings. The van der Waals surface area contributed by atoms with Crippen molar-refractivity contribution in [1.29, 1.82) is 0 Å². The van der Waals surface area contributed by atoms with Crippen molar-refractivity contribution in [1.82, 2.24) is 0 Å². The van der Waals surface area contributed by atoms with Crippen LogP contribution in [0.25, 0.3) is 0 Å². The lowest BCUT2D eigenvalue weighted by Crippen LogP contribution is -2.53. The molecule has 0 amide bonds. The third-order valence-corrected chi connectivity index (χ3v) is 8.15. The maximum absolute atomic E-state index is 12.5. The second kappa shape index (κ2) is 6.33. The number of ketones is 1. The Labute approximate surface area is 155 Å². The highest BCUT2D eigenvalue weighted by Crippen LogP contribution is 2.64. The second-order valence-electron chi connectivity index (χ2n) is 9.12. The van der Waals surface area contributed by atoms with E-state index in [0.717, 1.165) is 44.9 Å². The summed E-state index contributed by atoms with van der Waals surface area (Å²) in [7, 11) is 0. The lowest BCUT2D eigenvalue weighted by molar-refractivity contribution is -0.147. The lowest BCUT2D eigenvalue weighted by Gasteiger charge is -2.57. The van der Waals surface area contributed by atoms with Crippen molar-refractivity contribution in [3.8, 4) is 0 Å². The number of esters is 1. The van der Waals surface area contributed by atoms with Crippen molar-refractivity contribution >= 4 is 11.8 Å². The molecule has 0 aliphatic heterocycles. The van der Waals surface area contributed by atoms with E-state index in [-0.39, 0.29) is 22.9 Å². The van der Waals surface area contributed by atoms with E-state index in [1.807, 2.05) is 0 Å². The molecule has 3 saturated carbocycles. The number of aliphatic hydroxyl groups excluding tert-OH is 1. The Morgan fingerprint density at radius 2 is 2.15 bits per heavy atom. The van der Waals surface area contributed by atoms with Gasteiger partial charge in [0.1, 0.15) is 12.4 Å². The molecule has 0 aromatic heterocycles. The number of aliphatic hydroxyl groups is 1. The molecule has 0 bridgehead atoms. The van der Waals surface area contributed by atoms with Crippen LogP contribution in [0.3, 0.4) is 0 Å². The topological polar surface area (TPSA) is 63.6 Å². The molecular formula is C22H30O4. The molecule has 1 N–H and O–H groups in total. The Morgan fingerprint density at radius 3 is 2.92 bits per heavy atom. The molecule has 0 spiro atoms. The maximum atomic E-state index is 12.5. The first-order valence-corrected chi connectivity index (χ1v) is 10.1. The zero-order valence-electron chi connectivity index (χ0n) is 15.7. The molecule has 0 aromatic rings. The van der Waals surface area contributed by atoms with Crippen molar-refractivity contribution in [2.75, 3.05) is 6.61 Å². The molecular weight excluding hydrogens is 328 g/mol. The summed E-state index contributed by atoms with van der Waals surface area (Å²) in [6, 6.07) is 0. The fraction of sp³-hybridized carbons (Fsp3) is 0.727. The molecule has 4 rings (SSSR count). The number of allylic oxidation sites excluding steroid dienone is 1. The Kier molecular flexibility index (Phi) is 4.37. The summed E-state index contributed by atoms with van der Waals surface area (Å²) in [5.41, 5.74) is 0.968. The minimum absolute atomic E-state index is 0.153. The van der Waals surface area contributed by atoms with Crippen LogP contribution >= 0.6 is 0 Å². The summed E-state index contributed by atoms with van der Waals surface area (Å²) in [4.78, 5) is 24.3. The number of rotatable bonds is 3. The highest BCUT2D eigenvalue weighted by molar-refractivity contribution is 5.87. The van der Waals surface area contributed by atoms with Crippen LogP contribution in [-0.4, -0.2) is 29.6 Å². The van der Waals surface area contributed by atoms with E-state index >= 15 is 0 Å². The number of Topliss-reactive ketones (excluding diaryl/α,β-unsaturated/α-hetero) is 1. The van der Waals surface area contributed by atoms with Crippen molar-refractivity contribution in [3.63, 3.8) is 0 Å². The predicted molar refractivity (Wildman–Crippen MR) is 98.2 cm³/mol. The first kappa shape index (κ1) is 18.0. The number of ether oxygens (including phenoxy) is 1. The number of hydrogen-bond acceptors (Lipinski definition) is 4. The van der Waals surface area contributed by atoms with Gasteiger partial charge in [0.15, 0.2) is 0 Å². The summed E-state index contributed by atoms with van der Waals surface area (Å²) in [5.74, 6) is 1.45. The van der Waals surface area contributed by atoms with Gasteiger partial charge < -0.3 is 9.84 Å². The third-order valence-electron chi connectivity index (χ3n) is 8.15. The fourth-order valence-corrected chi connectivity index (χ4v) is 6.74. The quantitative estimate of drug-likeness (QED) is 0.476. The Hall–Kier alpha value is -1.42. The molecule has 0 saturated heterocycles. The Balaban J connectivity index is 1.68. The van der Waals surface area contributed by atoms with Gasteiger partial charge >= 0.3 is 5.97 Å². The SMILES string of the molecule is C=CC(=O)OC[C@]12CCC(O)CC1=CC[C@@H]1[C@H]2CC[C@]2(C)C(=O)CC[C@@H]12. The normalized spacial score (nSPS) is 44.4. The van der Waals surface area contributed by atoms with Crippen LogP contribution in [0.15, 0.2) is 24.3 Å². The van der Waals surface area contributed by atoms with E-state index in [4.69, 9.17) is 4.74 Å². The molecule has 1 unspecified atom stereocenters. The first-order valence-electron chi connectivity index (χ1n) is 10.1. The Bertz CT molecular complexity index is 665. The van der Waals surface area contributed by atoms with Gasteiger partial charge in [-0.3, -0.25) is 4.79 Å². The smallest absolute Gasteiger partial charge is 0.330 e. The summed E-state index contributed by atoms with van der Waals surface area (Å²) >= 11 is 0. The second-order valence-corrected chi connectivity index (χ2v) is 9.12. The van der Waals surface area contributed by atoms with Crippen LogP contribution in [0.5, 0.6) is 0 Å². The molecule has 4 nitrogen and oxygen atoms in total. The summed E-state index contributed by atoms with van der Waals surface area (Å²) in [6.07, 6.45) is 10.2. The molecule has 0 radical (unpaired) electrons. The number of carbonyl (C=O) groups is 2. The van der Waals surface area contributed by atoms with Gasteiger partial charge in [-0.1, -0.05) is 25.2 Å². The zero-order valence-corrected chi connectivity index (χ0v) is 15.7. The molecule has 0 heterocycles. The van der Waals surface area contributed by atoms with Crippen LogP contribution in [0.4, 0.5) is 0 Å². The monoisotopic (exact) mass is 358 g/mol. The van der Waals surface area contributed by atoms with Gasteiger partial charge in [-0.25, -0.2) is 4.79 Å². The van der Waals surface area contributed by atoms with Crippen LogP contribution < -0.4 is 0 Å². The van der Waals surface area contributed by atoms with Gasteiger partial charge in [0.2, 0.25) is 0 Å². The molecule has 26 heavy (non-hydrogen) atoms. The summed E-state index contributed by atoms with van der Waals surface area (Å²) in [5, 5.41) is 10.2. The minimum atomic E-state index is -0.372. The number of carbonyl (C=O) groups excluding carboxylic acids is 2. The van der Waals surface area contributed by atoms with Gasteiger partial charge in [0.05, 0.1) is 6.10 Å². The van der Waals surface area contributed by atoms with E-state index in [0.29, 0.717) is 36.6 Å². The zero-order chi connectivity index (χ0) is 18.5. The number of fused-ring (bicyclic) bond motifs is 5. The Morgan fingerprint density at radius 1 is 1.35 bits per heavy atom. The maximum Gasteiger partial charge on any atom is 0.330 e. The molecule has 0 aromatic carbocycles. The van der Waals surface area contributed by atoms with Crippen LogP contribution in [0.1, 0.15) is 58.3 Å². The summed E-state index contributed by atoms with van der Waals surface area (Å²) < 4.78 is 5.59. The fourth-order valence-electron chi connectivity index (χ4n) is 6.74. The van der Waals surface area contributed by atoms with E-state index in [2.05, 4.69) is 19.6 Å². The van der Waals surface area contributed by atoms with E-state index < -0.39 is 0 Å². The average molecular weight is 358 g/mol. The molecule has 142 valence electrons. The molecule has 4 aliphatic carbocycles. The van der Waals surface area contributed by atoms with Crippen molar-refractivity contribution in [2.24, 2.45) is 28.6 Å². The van der Waals surface area contributed by atoms with E-state index in [9.17, 15) is 14.7 Å². The molecule has 4 heteroatoms. The van der Waals surface area contributed by atoms with E-state index in [1.165, 1.54) is 11.6 Å². The van der Waals surface area contributed by atoms with Crippen molar-refractivity contribution in [2.45, 2.75) is 64.4 Å². The summed E-state index contributed by atoms with van der Waals surface area (Å²) in [6.45, 7) is 6.08. The van der Waals surface area contributed by atoms with Gasteiger partial charge in [-0.2, -0.15) is 0 Å². The predicted octanol–water partition coefficient (Wildman–Crippen LogP) is 3.59.